The first-order chi connectivity index (χ1) is 8.61. The normalized spacial score (nSPS) is 12.1. The number of hydrogen-bond acceptors (Lipinski definition) is 4. The van der Waals surface area contributed by atoms with E-state index in [2.05, 4.69) is 11.0 Å². The molecule has 1 unspecified atom stereocenters. The Bertz CT molecular complexity index is 400. The first-order valence-electron chi connectivity index (χ1n) is 6.18. The van der Waals surface area contributed by atoms with Crippen LogP contribution < -0.4 is 10.5 Å². The van der Waals surface area contributed by atoms with E-state index in [0.717, 1.165) is 25.3 Å². The molecule has 98 valence electrons. The van der Waals surface area contributed by atoms with Crippen molar-refractivity contribution >= 4 is 5.69 Å². The molecule has 0 saturated heterocycles. The summed E-state index contributed by atoms with van der Waals surface area (Å²) in [5, 5.41) is 8.72. The van der Waals surface area contributed by atoms with Crippen molar-refractivity contribution < 1.29 is 4.74 Å². The van der Waals surface area contributed by atoms with Gasteiger partial charge in [0.2, 0.25) is 0 Å². The Balaban J connectivity index is 2.17. The van der Waals surface area contributed by atoms with Gasteiger partial charge in [0.05, 0.1) is 18.6 Å². The van der Waals surface area contributed by atoms with Gasteiger partial charge in [0.15, 0.2) is 0 Å². The minimum absolute atomic E-state index is 0.0739. The standard InChI is InChI=1S/C14H21N3O/c1-12(10-15)11-17(2)7-4-8-18-14-6-3-5-13(16)9-14/h3,5-6,9,12H,4,7-8,11,16H2,1-2H3. The van der Waals surface area contributed by atoms with Crippen LogP contribution >= 0.6 is 0 Å². The van der Waals surface area contributed by atoms with E-state index in [1.54, 1.807) is 0 Å². The maximum absolute atomic E-state index is 8.72. The summed E-state index contributed by atoms with van der Waals surface area (Å²) < 4.78 is 5.60. The molecule has 2 N–H and O–H groups in total. The third kappa shape index (κ3) is 5.55. The van der Waals surface area contributed by atoms with Crippen molar-refractivity contribution in [3.8, 4) is 11.8 Å². The maximum atomic E-state index is 8.72. The van der Waals surface area contributed by atoms with Crippen LogP contribution in [0.15, 0.2) is 24.3 Å². The second kappa shape index (κ2) is 7.57. The number of nitrogens with two attached hydrogens (primary N) is 1. The van der Waals surface area contributed by atoms with E-state index in [9.17, 15) is 0 Å². The summed E-state index contributed by atoms with van der Waals surface area (Å²) in [5.74, 6) is 0.882. The van der Waals surface area contributed by atoms with Crippen LogP contribution in [0.5, 0.6) is 5.75 Å². The van der Waals surface area contributed by atoms with Crippen molar-refractivity contribution in [1.82, 2.24) is 4.90 Å². The van der Waals surface area contributed by atoms with Gasteiger partial charge in [-0.3, -0.25) is 0 Å². The van der Waals surface area contributed by atoms with Crippen molar-refractivity contribution in [2.75, 3.05) is 32.5 Å². The zero-order valence-electron chi connectivity index (χ0n) is 11.1. The zero-order chi connectivity index (χ0) is 13.4. The van der Waals surface area contributed by atoms with Crippen LogP contribution in [0.3, 0.4) is 0 Å². The fourth-order valence-corrected chi connectivity index (χ4v) is 1.73. The average Bonchev–Trinajstić information content (AvgIpc) is 2.34. The highest BCUT2D eigenvalue weighted by molar-refractivity contribution is 5.43. The summed E-state index contributed by atoms with van der Waals surface area (Å²) in [6.07, 6.45) is 0.934. The Hall–Kier alpha value is -1.73. The number of rotatable bonds is 7. The van der Waals surface area contributed by atoms with Crippen LogP contribution in [-0.2, 0) is 0 Å². The van der Waals surface area contributed by atoms with Gasteiger partial charge in [-0.1, -0.05) is 6.07 Å². The Kier molecular flexibility index (Phi) is 6.03. The predicted molar refractivity (Wildman–Crippen MR) is 73.2 cm³/mol. The Labute approximate surface area is 109 Å². The molecule has 0 aromatic heterocycles. The van der Waals surface area contributed by atoms with Gasteiger partial charge in [-0.15, -0.1) is 0 Å². The molecule has 1 aromatic rings. The van der Waals surface area contributed by atoms with Gasteiger partial charge in [0.25, 0.3) is 0 Å². The van der Waals surface area contributed by atoms with Crippen molar-refractivity contribution in [3.63, 3.8) is 0 Å². The SMILES string of the molecule is CC(C#N)CN(C)CCCOc1cccc(N)c1. The predicted octanol–water partition coefficient (Wildman–Crippen LogP) is 2.13. The second-order valence-corrected chi connectivity index (χ2v) is 4.57. The van der Waals surface area contributed by atoms with Crippen molar-refractivity contribution in [2.24, 2.45) is 5.92 Å². The molecule has 1 atom stereocenters. The zero-order valence-corrected chi connectivity index (χ0v) is 11.1. The van der Waals surface area contributed by atoms with Gasteiger partial charge < -0.3 is 15.4 Å². The van der Waals surface area contributed by atoms with E-state index >= 15 is 0 Å². The van der Waals surface area contributed by atoms with E-state index in [-0.39, 0.29) is 5.92 Å². The lowest BCUT2D eigenvalue weighted by molar-refractivity contribution is 0.254. The van der Waals surface area contributed by atoms with E-state index in [4.69, 9.17) is 15.7 Å². The molecule has 0 heterocycles. The van der Waals surface area contributed by atoms with Gasteiger partial charge in [0.1, 0.15) is 5.75 Å². The number of benzene rings is 1. The van der Waals surface area contributed by atoms with Crippen LogP contribution in [0, 0.1) is 17.2 Å². The minimum Gasteiger partial charge on any atom is -0.493 e. The molecular weight excluding hydrogens is 226 g/mol. The molecule has 1 rings (SSSR count). The van der Waals surface area contributed by atoms with Gasteiger partial charge in [0, 0.05) is 24.8 Å². The molecule has 18 heavy (non-hydrogen) atoms. The largest absolute Gasteiger partial charge is 0.493 e. The average molecular weight is 247 g/mol. The molecule has 4 heteroatoms. The van der Waals surface area contributed by atoms with Crippen molar-refractivity contribution in [3.05, 3.63) is 24.3 Å². The topological polar surface area (TPSA) is 62.3 Å². The number of nitrogens with zero attached hydrogens (tertiary/aromatic N) is 2. The first-order valence-corrected chi connectivity index (χ1v) is 6.18. The molecule has 0 radical (unpaired) electrons. The summed E-state index contributed by atoms with van der Waals surface area (Å²) in [4.78, 5) is 2.15. The molecule has 0 aliphatic carbocycles. The number of anilines is 1. The van der Waals surface area contributed by atoms with Crippen LogP contribution in [-0.4, -0.2) is 31.6 Å². The van der Waals surface area contributed by atoms with Crippen LogP contribution in [0.1, 0.15) is 13.3 Å². The lowest BCUT2D eigenvalue weighted by Crippen LogP contribution is -2.25. The number of hydrogen-bond donors (Lipinski definition) is 1. The highest BCUT2D eigenvalue weighted by atomic mass is 16.5. The van der Waals surface area contributed by atoms with Gasteiger partial charge in [-0.2, -0.15) is 5.26 Å². The summed E-state index contributed by atoms with van der Waals surface area (Å²) in [7, 11) is 2.02. The molecule has 0 amide bonds. The lowest BCUT2D eigenvalue weighted by atomic mass is 10.2. The summed E-state index contributed by atoms with van der Waals surface area (Å²) in [5.41, 5.74) is 6.38. The van der Waals surface area contributed by atoms with Gasteiger partial charge in [-0.25, -0.2) is 0 Å². The molecular formula is C14H21N3O. The molecule has 4 nitrogen and oxygen atoms in total. The summed E-state index contributed by atoms with van der Waals surface area (Å²) in [6.45, 7) is 4.32. The Morgan fingerprint density at radius 3 is 2.94 bits per heavy atom. The van der Waals surface area contributed by atoms with E-state index in [1.807, 2.05) is 38.2 Å². The highest BCUT2D eigenvalue weighted by Crippen LogP contribution is 2.14. The van der Waals surface area contributed by atoms with E-state index in [1.165, 1.54) is 0 Å². The molecule has 0 bridgehead atoms. The molecule has 0 saturated carbocycles. The van der Waals surface area contributed by atoms with Crippen LogP contribution in [0.4, 0.5) is 5.69 Å². The molecule has 0 aliphatic heterocycles. The highest BCUT2D eigenvalue weighted by Gasteiger charge is 2.04. The molecule has 1 aromatic carbocycles. The Morgan fingerprint density at radius 2 is 2.28 bits per heavy atom. The molecule has 0 fully saturated rings. The number of ether oxygens (including phenoxy) is 1. The van der Waals surface area contributed by atoms with E-state index < -0.39 is 0 Å². The fraction of sp³-hybridized carbons (Fsp3) is 0.500. The Morgan fingerprint density at radius 1 is 1.50 bits per heavy atom. The third-order valence-electron chi connectivity index (χ3n) is 2.62. The van der Waals surface area contributed by atoms with E-state index in [0.29, 0.717) is 12.3 Å². The first kappa shape index (κ1) is 14.3. The fourth-order valence-electron chi connectivity index (χ4n) is 1.73. The minimum atomic E-state index is 0.0739. The summed E-state index contributed by atoms with van der Waals surface area (Å²) in [6, 6.07) is 9.67. The molecule has 0 spiro atoms. The van der Waals surface area contributed by atoms with Crippen LogP contribution in [0.25, 0.3) is 0 Å². The maximum Gasteiger partial charge on any atom is 0.121 e. The monoisotopic (exact) mass is 247 g/mol. The second-order valence-electron chi connectivity index (χ2n) is 4.57. The van der Waals surface area contributed by atoms with Gasteiger partial charge >= 0.3 is 0 Å². The van der Waals surface area contributed by atoms with Crippen molar-refractivity contribution in [1.29, 1.82) is 5.26 Å². The quantitative estimate of drug-likeness (QED) is 0.592. The summed E-state index contributed by atoms with van der Waals surface area (Å²) >= 11 is 0. The third-order valence-corrected chi connectivity index (χ3v) is 2.62. The smallest absolute Gasteiger partial charge is 0.121 e. The van der Waals surface area contributed by atoms with Crippen molar-refractivity contribution in [2.45, 2.75) is 13.3 Å². The number of nitriles is 1. The number of nitrogen functional groups attached to an aromatic ring is 1. The van der Waals surface area contributed by atoms with Crippen LogP contribution in [0.2, 0.25) is 0 Å². The van der Waals surface area contributed by atoms with Gasteiger partial charge in [-0.05, 0) is 32.5 Å². The molecule has 0 aliphatic rings. The lowest BCUT2D eigenvalue weighted by Gasteiger charge is -2.17.